The third kappa shape index (κ3) is 3.30. The molecule has 0 radical (unpaired) electrons. The van der Waals surface area contributed by atoms with Crippen molar-refractivity contribution in [1.82, 2.24) is 0 Å². The number of ether oxygens (including phenoxy) is 1. The number of halogens is 1. The molecule has 0 amide bonds. The molecule has 5 heteroatoms. The number of thiophene rings is 1. The van der Waals surface area contributed by atoms with Gasteiger partial charge in [0.25, 0.3) is 0 Å². The van der Waals surface area contributed by atoms with Crippen LogP contribution in [0.2, 0.25) is 0 Å². The van der Waals surface area contributed by atoms with Crippen LogP contribution in [0.25, 0.3) is 0 Å². The molecule has 3 nitrogen and oxygen atoms in total. The summed E-state index contributed by atoms with van der Waals surface area (Å²) in [6.07, 6.45) is 0.797. The molecule has 92 valence electrons. The van der Waals surface area contributed by atoms with Gasteiger partial charge in [-0.05, 0) is 35.2 Å². The molecule has 0 unspecified atom stereocenters. The number of nitrogens with zero attached hydrogens (tertiary/aromatic N) is 1. The van der Waals surface area contributed by atoms with Crippen LogP contribution in [0.15, 0.2) is 4.47 Å². The second kappa shape index (κ2) is 6.18. The lowest BCUT2D eigenvalue weighted by molar-refractivity contribution is 0.0531. The van der Waals surface area contributed by atoms with Gasteiger partial charge in [0.05, 0.1) is 16.6 Å². The number of hydrogen-bond acceptors (Lipinski definition) is 4. The second-order valence-electron chi connectivity index (χ2n) is 3.97. The van der Waals surface area contributed by atoms with Crippen molar-refractivity contribution >= 4 is 33.2 Å². The molecule has 1 rings (SSSR count). The molecule has 0 aliphatic carbocycles. The molecule has 0 aromatic carbocycles. The van der Waals surface area contributed by atoms with Crippen LogP contribution in [0.4, 0.5) is 0 Å². The van der Waals surface area contributed by atoms with Crippen LogP contribution in [0.5, 0.6) is 0 Å². The average Bonchev–Trinajstić information content (AvgIpc) is 2.54. The van der Waals surface area contributed by atoms with Gasteiger partial charge >= 0.3 is 5.97 Å². The molecule has 0 atom stereocenters. The lowest BCUT2D eigenvalue weighted by atomic mass is 10.1. The van der Waals surface area contributed by atoms with Crippen molar-refractivity contribution in [2.24, 2.45) is 5.92 Å². The molecule has 0 saturated heterocycles. The number of carbonyl (C=O) groups is 1. The van der Waals surface area contributed by atoms with E-state index in [1.54, 1.807) is 6.92 Å². The third-order valence-corrected chi connectivity index (χ3v) is 4.34. The van der Waals surface area contributed by atoms with Gasteiger partial charge in [0.1, 0.15) is 10.9 Å². The predicted molar refractivity (Wildman–Crippen MR) is 71.2 cm³/mol. The Morgan fingerprint density at radius 1 is 1.59 bits per heavy atom. The number of carbonyl (C=O) groups excluding carboxylic acids is 1. The van der Waals surface area contributed by atoms with Gasteiger partial charge in [-0.25, -0.2) is 4.79 Å². The van der Waals surface area contributed by atoms with E-state index in [2.05, 4.69) is 35.8 Å². The van der Waals surface area contributed by atoms with Crippen LogP contribution in [0.1, 0.15) is 40.9 Å². The Morgan fingerprint density at radius 3 is 2.71 bits per heavy atom. The van der Waals surface area contributed by atoms with Crippen LogP contribution >= 0.6 is 27.3 Å². The summed E-state index contributed by atoms with van der Waals surface area (Å²) in [6, 6.07) is 2.14. The van der Waals surface area contributed by atoms with E-state index in [4.69, 9.17) is 10.00 Å². The Bertz CT molecular complexity index is 460. The zero-order valence-corrected chi connectivity index (χ0v) is 12.4. The molecule has 0 fully saturated rings. The van der Waals surface area contributed by atoms with Crippen molar-refractivity contribution in [3.63, 3.8) is 0 Å². The van der Waals surface area contributed by atoms with Crippen LogP contribution in [0, 0.1) is 17.2 Å². The summed E-state index contributed by atoms with van der Waals surface area (Å²) in [5.74, 6) is 0.0820. The van der Waals surface area contributed by atoms with E-state index < -0.39 is 0 Å². The first-order valence-corrected chi connectivity index (χ1v) is 7.00. The van der Waals surface area contributed by atoms with E-state index in [1.807, 2.05) is 0 Å². The molecule has 1 aromatic heterocycles. The fourth-order valence-electron chi connectivity index (χ4n) is 1.41. The molecule has 17 heavy (non-hydrogen) atoms. The van der Waals surface area contributed by atoms with Crippen LogP contribution in [0.3, 0.4) is 0 Å². The van der Waals surface area contributed by atoms with E-state index in [0.29, 0.717) is 27.4 Å². The molecule has 0 bridgehead atoms. The molecule has 1 heterocycles. The molecule has 0 aliphatic rings. The first-order valence-electron chi connectivity index (χ1n) is 5.39. The van der Waals surface area contributed by atoms with Gasteiger partial charge in [-0.1, -0.05) is 13.8 Å². The third-order valence-electron chi connectivity index (χ3n) is 2.09. The van der Waals surface area contributed by atoms with Crippen molar-refractivity contribution in [3.05, 3.63) is 19.8 Å². The standard InChI is InChI=1S/C12H14BrNO2S/c1-4-16-12(15)11-10(13)8(6-14)9(17-11)5-7(2)3/h7H,4-5H2,1-3H3. The van der Waals surface area contributed by atoms with E-state index in [0.717, 1.165) is 11.3 Å². The van der Waals surface area contributed by atoms with Crippen LogP contribution < -0.4 is 0 Å². The summed E-state index contributed by atoms with van der Waals surface area (Å²) in [6.45, 7) is 6.27. The van der Waals surface area contributed by atoms with Crippen molar-refractivity contribution < 1.29 is 9.53 Å². The number of rotatable bonds is 4. The van der Waals surface area contributed by atoms with Crippen LogP contribution in [-0.4, -0.2) is 12.6 Å². The fraction of sp³-hybridized carbons (Fsp3) is 0.500. The maximum Gasteiger partial charge on any atom is 0.349 e. The Morgan fingerprint density at radius 2 is 2.24 bits per heavy atom. The SMILES string of the molecule is CCOC(=O)c1sc(CC(C)C)c(C#N)c1Br. The van der Waals surface area contributed by atoms with E-state index in [-0.39, 0.29) is 5.97 Å². The van der Waals surface area contributed by atoms with Crippen molar-refractivity contribution in [3.8, 4) is 6.07 Å². The molecular formula is C12H14BrNO2S. The highest BCUT2D eigenvalue weighted by atomic mass is 79.9. The van der Waals surface area contributed by atoms with Gasteiger partial charge in [0.15, 0.2) is 0 Å². The molecule has 0 aliphatic heterocycles. The van der Waals surface area contributed by atoms with E-state index in [9.17, 15) is 4.79 Å². The van der Waals surface area contributed by atoms with E-state index >= 15 is 0 Å². The summed E-state index contributed by atoms with van der Waals surface area (Å²) < 4.78 is 5.53. The highest BCUT2D eigenvalue weighted by molar-refractivity contribution is 9.10. The zero-order valence-electron chi connectivity index (χ0n) is 10.0. The summed E-state index contributed by atoms with van der Waals surface area (Å²) in [5.41, 5.74) is 0.562. The Hall–Kier alpha value is -0.860. The second-order valence-corrected chi connectivity index (χ2v) is 5.87. The van der Waals surface area contributed by atoms with Crippen molar-refractivity contribution in [2.75, 3.05) is 6.61 Å². The summed E-state index contributed by atoms with van der Waals surface area (Å²) in [5, 5.41) is 9.11. The maximum absolute atomic E-state index is 11.7. The van der Waals surface area contributed by atoms with Gasteiger partial charge in [-0.15, -0.1) is 11.3 Å². The molecular weight excluding hydrogens is 302 g/mol. The summed E-state index contributed by atoms with van der Waals surface area (Å²) >= 11 is 4.65. The minimum absolute atomic E-state index is 0.338. The smallest absolute Gasteiger partial charge is 0.349 e. The Labute approximate surface area is 114 Å². The maximum atomic E-state index is 11.7. The normalized spacial score (nSPS) is 10.4. The highest BCUT2D eigenvalue weighted by Crippen LogP contribution is 2.34. The minimum Gasteiger partial charge on any atom is -0.462 e. The number of hydrogen-bond donors (Lipinski definition) is 0. The van der Waals surface area contributed by atoms with Gasteiger partial charge in [-0.3, -0.25) is 0 Å². The number of nitriles is 1. The first-order chi connectivity index (χ1) is 8.01. The average molecular weight is 316 g/mol. The quantitative estimate of drug-likeness (QED) is 0.795. The van der Waals surface area contributed by atoms with Gasteiger partial charge in [0, 0.05) is 4.88 Å². The first kappa shape index (κ1) is 14.2. The van der Waals surface area contributed by atoms with Gasteiger partial charge in [0.2, 0.25) is 0 Å². The Kier molecular flexibility index (Phi) is 5.16. The highest BCUT2D eigenvalue weighted by Gasteiger charge is 2.22. The summed E-state index contributed by atoms with van der Waals surface area (Å²) in [7, 11) is 0. The van der Waals surface area contributed by atoms with E-state index in [1.165, 1.54) is 11.3 Å². The van der Waals surface area contributed by atoms with Crippen molar-refractivity contribution in [2.45, 2.75) is 27.2 Å². The monoisotopic (exact) mass is 315 g/mol. The lowest BCUT2D eigenvalue weighted by Crippen LogP contribution is -2.02. The fourth-order valence-corrected chi connectivity index (χ4v) is 3.52. The molecule has 0 N–H and O–H groups in total. The lowest BCUT2D eigenvalue weighted by Gasteiger charge is -2.01. The predicted octanol–water partition coefficient (Wildman–Crippen LogP) is 3.76. The largest absolute Gasteiger partial charge is 0.462 e. The molecule has 1 aromatic rings. The molecule has 0 spiro atoms. The zero-order chi connectivity index (χ0) is 13.0. The summed E-state index contributed by atoms with van der Waals surface area (Å²) in [4.78, 5) is 13.1. The van der Waals surface area contributed by atoms with Gasteiger partial charge < -0.3 is 4.74 Å². The topological polar surface area (TPSA) is 50.1 Å². The van der Waals surface area contributed by atoms with Crippen molar-refractivity contribution in [1.29, 1.82) is 5.26 Å². The number of esters is 1. The van der Waals surface area contributed by atoms with Gasteiger partial charge in [-0.2, -0.15) is 5.26 Å². The molecule has 0 saturated carbocycles. The van der Waals surface area contributed by atoms with Crippen LogP contribution in [-0.2, 0) is 11.2 Å². The Balaban J connectivity index is 3.14. The minimum atomic E-state index is -0.365.